The Labute approximate surface area is 194 Å². The average Bonchev–Trinajstić information content (AvgIpc) is 3.38. The van der Waals surface area contributed by atoms with Crippen LogP contribution in [0.15, 0.2) is 47.5 Å². The van der Waals surface area contributed by atoms with Gasteiger partial charge in [-0.05, 0) is 54.2 Å². The highest BCUT2D eigenvalue weighted by atomic mass is 35.5. The fourth-order valence-electron chi connectivity index (χ4n) is 4.71. The van der Waals surface area contributed by atoms with Crippen molar-refractivity contribution in [1.82, 2.24) is 4.90 Å². The van der Waals surface area contributed by atoms with Crippen molar-refractivity contribution in [3.05, 3.63) is 58.6 Å². The zero-order chi connectivity index (χ0) is 22.7. The third kappa shape index (κ3) is 4.31. The molecule has 1 fully saturated rings. The summed E-state index contributed by atoms with van der Waals surface area (Å²) in [5.41, 5.74) is 2.58. The highest BCUT2D eigenvalue weighted by Gasteiger charge is 2.49. The van der Waals surface area contributed by atoms with E-state index in [1.54, 1.807) is 18.2 Å². The smallest absolute Gasteiger partial charge is 0.338 e. The second kappa shape index (κ2) is 9.45. The van der Waals surface area contributed by atoms with Crippen molar-refractivity contribution in [2.45, 2.75) is 64.0 Å². The van der Waals surface area contributed by atoms with Crippen molar-refractivity contribution in [2.75, 3.05) is 7.11 Å². The van der Waals surface area contributed by atoms with E-state index in [4.69, 9.17) is 21.3 Å². The summed E-state index contributed by atoms with van der Waals surface area (Å²) in [7, 11) is 1.37. The second-order valence-electron chi connectivity index (χ2n) is 8.64. The molecule has 2 aromatic rings. The van der Waals surface area contributed by atoms with Crippen LogP contribution in [0.4, 0.5) is 0 Å². The van der Waals surface area contributed by atoms with Gasteiger partial charge in [-0.3, -0.25) is 14.7 Å². The van der Waals surface area contributed by atoms with Crippen LogP contribution in [0.25, 0.3) is 11.1 Å². The van der Waals surface area contributed by atoms with Gasteiger partial charge in [0, 0.05) is 11.4 Å². The molecule has 1 spiro atoms. The summed E-state index contributed by atoms with van der Waals surface area (Å²) in [6.45, 7) is 2.67. The number of esters is 1. The number of nitrogens with zero attached hydrogens (tertiary/aromatic N) is 2. The van der Waals surface area contributed by atoms with Crippen LogP contribution >= 0.6 is 11.6 Å². The highest BCUT2D eigenvalue weighted by molar-refractivity contribution is 6.31. The Bertz CT molecular complexity index is 1040. The van der Waals surface area contributed by atoms with Crippen molar-refractivity contribution < 1.29 is 14.3 Å². The van der Waals surface area contributed by atoms with Gasteiger partial charge in [0.05, 0.1) is 19.2 Å². The quantitative estimate of drug-likeness (QED) is 0.481. The maximum absolute atomic E-state index is 13.3. The number of carbonyl (C=O) groups excluding carboxylic acids is 2. The van der Waals surface area contributed by atoms with Crippen LogP contribution in [0.3, 0.4) is 0 Å². The Hall–Kier alpha value is -2.66. The van der Waals surface area contributed by atoms with Crippen LogP contribution in [0.1, 0.15) is 67.8 Å². The first-order valence-corrected chi connectivity index (χ1v) is 11.7. The topological polar surface area (TPSA) is 59.0 Å². The van der Waals surface area contributed by atoms with Crippen LogP contribution in [-0.2, 0) is 16.1 Å². The minimum Gasteiger partial charge on any atom is -0.465 e. The van der Waals surface area contributed by atoms with Crippen molar-refractivity contribution in [2.24, 2.45) is 4.99 Å². The van der Waals surface area contributed by atoms with Gasteiger partial charge in [-0.15, -0.1) is 0 Å². The van der Waals surface area contributed by atoms with E-state index in [9.17, 15) is 9.59 Å². The fraction of sp³-hybridized carbons (Fsp3) is 0.423. The summed E-state index contributed by atoms with van der Waals surface area (Å²) in [5.74, 6) is 0.695. The molecule has 0 unspecified atom stereocenters. The second-order valence-corrected chi connectivity index (χ2v) is 9.08. The lowest BCUT2D eigenvalue weighted by molar-refractivity contribution is -0.131. The van der Waals surface area contributed by atoms with Crippen LogP contribution in [0.2, 0.25) is 5.02 Å². The molecular formula is C26H29ClN2O3. The molecule has 6 heteroatoms. The zero-order valence-electron chi connectivity index (χ0n) is 18.7. The Kier molecular flexibility index (Phi) is 6.66. The molecule has 1 amide bonds. The number of ether oxygens (including phenoxy) is 1. The molecule has 168 valence electrons. The molecule has 0 bridgehead atoms. The predicted molar refractivity (Wildman–Crippen MR) is 127 cm³/mol. The van der Waals surface area contributed by atoms with E-state index in [1.165, 1.54) is 7.11 Å². The lowest BCUT2D eigenvalue weighted by atomic mass is 9.97. The van der Waals surface area contributed by atoms with E-state index in [-0.39, 0.29) is 5.91 Å². The number of amides is 1. The summed E-state index contributed by atoms with van der Waals surface area (Å²) in [5, 5.41) is 0.554. The molecule has 0 radical (unpaired) electrons. The van der Waals surface area contributed by atoms with E-state index in [0.717, 1.165) is 67.5 Å². The average molecular weight is 453 g/mol. The van der Waals surface area contributed by atoms with Gasteiger partial charge >= 0.3 is 5.97 Å². The molecule has 4 rings (SSSR count). The minimum atomic E-state index is -0.515. The molecule has 1 heterocycles. The number of aliphatic imine (C=N–C) groups is 1. The summed E-state index contributed by atoms with van der Waals surface area (Å²) in [4.78, 5) is 32.4. The van der Waals surface area contributed by atoms with Crippen LogP contribution in [0, 0.1) is 0 Å². The lowest BCUT2D eigenvalue weighted by Crippen LogP contribution is -2.40. The summed E-state index contributed by atoms with van der Waals surface area (Å²) in [6.07, 6.45) is 6.81. The Balaban J connectivity index is 1.58. The number of benzene rings is 2. The van der Waals surface area contributed by atoms with E-state index >= 15 is 0 Å². The van der Waals surface area contributed by atoms with Gasteiger partial charge in [0.1, 0.15) is 11.4 Å². The van der Waals surface area contributed by atoms with Gasteiger partial charge < -0.3 is 4.74 Å². The number of hydrogen-bond donors (Lipinski definition) is 0. The van der Waals surface area contributed by atoms with Gasteiger partial charge in [-0.1, -0.05) is 62.1 Å². The Morgan fingerprint density at radius 1 is 1.16 bits per heavy atom. The number of unbranched alkanes of at least 4 members (excludes halogenated alkanes) is 1. The van der Waals surface area contributed by atoms with Crippen molar-refractivity contribution in [1.29, 1.82) is 0 Å². The number of rotatable bonds is 7. The number of carbonyl (C=O) groups is 2. The number of hydrogen-bond acceptors (Lipinski definition) is 4. The maximum Gasteiger partial charge on any atom is 0.338 e. The molecule has 0 aromatic heterocycles. The van der Waals surface area contributed by atoms with E-state index in [1.807, 2.05) is 29.2 Å². The minimum absolute atomic E-state index is 0.160. The molecule has 2 aromatic carbocycles. The van der Waals surface area contributed by atoms with Gasteiger partial charge in [0.2, 0.25) is 0 Å². The predicted octanol–water partition coefficient (Wildman–Crippen LogP) is 6.04. The first kappa shape index (κ1) is 22.5. The van der Waals surface area contributed by atoms with Crippen molar-refractivity contribution in [3.8, 4) is 11.1 Å². The number of amidine groups is 1. The zero-order valence-corrected chi connectivity index (χ0v) is 19.5. The monoisotopic (exact) mass is 452 g/mol. The number of methoxy groups -OCH3 is 1. The van der Waals surface area contributed by atoms with E-state index in [0.29, 0.717) is 17.1 Å². The number of halogens is 1. The van der Waals surface area contributed by atoms with E-state index in [2.05, 4.69) is 6.92 Å². The van der Waals surface area contributed by atoms with Gasteiger partial charge in [-0.25, -0.2) is 4.79 Å². The molecule has 1 aliphatic heterocycles. The third-order valence-corrected chi connectivity index (χ3v) is 6.71. The van der Waals surface area contributed by atoms with Gasteiger partial charge in [-0.2, -0.15) is 0 Å². The summed E-state index contributed by atoms with van der Waals surface area (Å²) >= 11 is 6.18. The third-order valence-electron chi connectivity index (χ3n) is 6.48. The van der Waals surface area contributed by atoms with Crippen molar-refractivity contribution >= 4 is 29.3 Å². The lowest BCUT2D eigenvalue weighted by Gasteiger charge is -2.23. The maximum atomic E-state index is 13.3. The first-order valence-electron chi connectivity index (χ1n) is 11.4. The molecule has 0 N–H and O–H groups in total. The molecule has 0 atom stereocenters. The molecule has 2 aliphatic rings. The van der Waals surface area contributed by atoms with E-state index < -0.39 is 11.5 Å². The SMILES string of the molecule is CCCCC1=NC2(CCCC2)C(=O)N1Cc1ccc(-c2cc(Cl)ccc2C(=O)OC)cc1. The molecule has 5 nitrogen and oxygen atoms in total. The molecule has 0 saturated heterocycles. The Morgan fingerprint density at radius 2 is 1.88 bits per heavy atom. The molecule has 1 saturated carbocycles. The highest BCUT2D eigenvalue weighted by Crippen LogP contribution is 2.40. The van der Waals surface area contributed by atoms with Gasteiger partial charge in [0.15, 0.2) is 0 Å². The summed E-state index contributed by atoms with van der Waals surface area (Å²) < 4.78 is 4.91. The normalized spacial score (nSPS) is 17.2. The van der Waals surface area contributed by atoms with Crippen LogP contribution in [0.5, 0.6) is 0 Å². The Morgan fingerprint density at radius 3 is 2.53 bits per heavy atom. The molecule has 1 aliphatic carbocycles. The van der Waals surface area contributed by atoms with Gasteiger partial charge in [0.25, 0.3) is 5.91 Å². The standard InChI is InChI=1S/C26H29ClN2O3/c1-3-4-7-23-28-26(14-5-6-15-26)25(31)29(23)17-18-8-10-19(11-9-18)22-16-20(27)12-13-21(22)24(30)32-2/h8-13,16H,3-7,14-15,17H2,1-2H3. The largest absolute Gasteiger partial charge is 0.465 e. The summed E-state index contributed by atoms with van der Waals surface area (Å²) in [6, 6.07) is 13.1. The van der Waals surface area contributed by atoms with Crippen molar-refractivity contribution in [3.63, 3.8) is 0 Å². The van der Waals surface area contributed by atoms with Crippen LogP contribution in [-0.4, -0.2) is 35.3 Å². The molecular weight excluding hydrogens is 424 g/mol. The van der Waals surface area contributed by atoms with Crippen LogP contribution < -0.4 is 0 Å². The molecule has 32 heavy (non-hydrogen) atoms. The first-order chi connectivity index (χ1) is 15.5. The fourth-order valence-corrected chi connectivity index (χ4v) is 4.89.